The van der Waals surface area contributed by atoms with Crippen molar-refractivity contribution in [2.75, 3.05) is 21.1 Å². The van der Waals surface area contributed by atoms with Crippen LogP contribution in [0.15, 0.2) is 66.3 Å². The van der Waals surface area contributed by atoms with Crippen LogP contribution in [0.2, 0.25) is 0 Å². The summed E-state index contributed by atoms with van der Waals surface area (Å²) in [6, 6.07) is 12.6. The zero-order valence-corrected chi connectivity index (χ0v) is 17.0. The lowest BCUT2D eigenvalue weighted by Crippen LogP contribution is -2.02. The fourth-order valence-electron chi connectivity index (χ4n) is 3.00. The second-order valence-electron chi connectivity index (χ2n) is 6.62. The number of aryl methyl sites for hydroxylation is 1. The molecule has 140 valence electrons. The molecule has 0 saturated heterocycles. The summed E-state index contributed by atoms with van der Waals surface area (Å²) in [6.45, 7) is 8.13. The van der Waals surface area contributed by atoms with Gasteiger partial charge in [0.15, 0.2) is 0 Å². The number of benzene rings is 1. The molecule has 2 rings (SSSR count). The van der Waals surface area contributed by atoms with Crippen molar-refractivity contribution in [3.8, 4) is 11.3 Å². The van der Waals surface area contributed by atoms with E-state index in [0.717, 1.165) is 45.6 Å². The highest BCUT2D eigenvalue weighted by Gasteiger charge is 2.08. The highest BCUT2D eigenvalue weighted by molar-refractivity contribution is 6.10. The van der Waals surface area contributed by atoms with Gasteiger partial charge < -0.3 is 4.90 Å². The number of aliphatic imine (C=N–C) groups is 1. The fraction of sp³-hybridized carbons (Fsp3) is 0.250. The second-order valence-corrected chi connectivity index (χ2v) is 6.62. The SMILES string of the molecule is C=C/C(=C\N(C)C)c1cccc(-c2ccc(/C(C=NC)=C/CC)c(C)n2)c1. The van der Waals surface area contributed by atoms with Gasteiger partial charge in [0.25, 0.3) is 0 Å². The summed E-state index contributed by atoms with van der Waals surface area (Å²) in [7, 11) is 5.82. The zero-order chi connectivity index (χ0) is 19.8. The molecule has 1 aromatic heterocycles. The Bertz CT molecular complexity index is 886. The maximum Gasteiger partial charge on any atom is 0.0705 e. The molecule has 0 bridgehead atoms. The molecule has 0 unspecified atom stereocenters. The first-order valence-electron chi connectivity index (χ1n) is 9.22. The topological polar surface area (TPSA) is 28.5 Å². The van der Waals surface area contributed by atoms with Crippen LogP contribution in [0.3, 0.4) is 0 Å². The molecule has 0 aliphatic rings. The molecule has 1 heterocycles. The van der Waals surface area contributed by atoms with Crippen LogP contribution in [-0.2, 0) is 0 Å². The Labute approximate surface area is 163 Å². The standard InChI is InChI=1S/C24H29N3/c1-7-10-22(16-25-4)23-13-14-24(26-18(23)3)21-12-9-11-20(15-21)19(8-2)17-27(5)6/h8-17H,2,7H2,1,3-6H3/b19-17+,22-10+,25-16?. The molecule has 0 saturated carbocycles. The van der Waals surface area contributed by atoms with Gasteiger partial charge in [-0.25, -0.2) is 0 Å². The maximum atomic E-state index is 4.86. The Kier molecular flexibility index (Phi) is 7.30. The molecular formula is C24H29N3. The van der Waals surface area contributed by atoms with E-state index >= 15 is 0 Å². The molecule has 0 N–H and O–H groups in total. The van der Waals surface area contributed by atoms with E-state index in [2.05, 4.69) is 74.1 Å². The van der Waals surface area contributed by atoms with Crippen LogP contribution < -0.4 is 0 Å². The monoisotopic (exact) mass is 359 g/mol. The van der Waals surface area contributed by atoms with E-state index in [1.807, 2.05) is 31.3 Å². The quantitative estimate of drug-likeness (QED) is 0.473. The summed E-state index contributed by atoms with van der Waals surface area (Å²) in [5.41, 5.74) is 7.53. The number of pyridine rings is 1. The number of nitrogens with zero attached hydrogens (tertiary/aromatic N) is 3. The van der Waals surface area contributed by atoms with Gasteiger partial charge in [0.05, 0.1) is 5.69 Å². The third-order valence-corrected chi connectivity index (χ3v) is 4.20. The van der Waals surface area contributed by atoms with Crippen molar-refractivity contribution in [3.63, 3.8) is 0 Å². The van der Waals surface area contributed by atoms with Crippen molar-refractivity contribution in [1.82, 2.24) is 9.88 Å². The van der Waals surface area contributed by atoms with Crippen LogP contribution in [0.5, 0.6) is 0 Å². The summed E-state index contributed by atoms with van der Waals surface area (Å²) in [5.74, 6) is 0. The summed E-state index contributed by atoms with van der Waals surface area (Å²) < 4.78 is 0. The first kappa shape index (κ1) is 20.4. The van der Waals surface area contributed by atoms with Gasteiger partial charge in [-0.2, -0.15) is 0 Å². The predicted molar refractivity (Wildman–Crippen MR) is 119 cm³/mol. The van der Waals surface area contributed by atoms with Crippen molar-refractivity contribution in [3.05, 3.63) is 78.1 Å². The van der Waals surface area contributed by atoms with E-state index in [-0.39, 0.29) is 0 Å². The number of rotatable bonds is 7. The molecule has 3 nitrogen and oxygen atoms in total. The summed E-state index contributed by atoms with van der Waals surface area (Å²) >= 11 is 0. The first-order valence-corrected chi connectivity index (χ1v) is 9.22. The molecule has 27 heavy (non-hydrogen) atoms. The Balaban J connectivity index is 2.45. The van der Waals surface area contributed by atoms with Crippen LogP contribution in [0.1, 0.15) is 30.2 Å². The van der Waals surface area contributed by atoms with E-state index in [4.69, 9.17) is 4.98 Å². The molecule has 3 heteroatoms. The Hall–Kier alpha value is -2.94. The molecule has 0 amide bonds. The Morgan fingerprint density at radius 1 is 1.19 bits per heavy atom. The Morgan fingerprint density at radius 3 is 2.56 bits per heavy atom. The number of hydrogen-bond acceptors (Lipinski definition) is 3. The van der Waals surface area contributed by atoms with Gasteiger partial charge in [-0.3, -0.25) is 9.98 Å². The minimum Gasteiger partial charge on any atom is -0.383 e. The predicted octanol–water partition coefficient (Wildman–Crippen LogP) is 5.64. The smallest absolute Gasteiger partial charge is 0.0705 e. The highest BCUT2D eigenvalue weighted by atomic mass is 15.0. The minimum atomic E-state index is 0.965. The zero-order valence-electron chi connectivity index (χ0n) is 17.0. The minimum absolute atomic E-state index is 0.965. The van der Waals surface area contributed by atoms with Gasteiger partial charge in [0.2, 0.25) is 0 Å². The number of aromatic nitrogens is 1. The number of hydrogen-bond donors (Lipinski definition) is 0. The average molecular weight is 360 g/mol. The van der Waals surface area contributed by atoms with E-state index in [9.17, 15) is 0 Å². The largest absolute Gasteiger partial charge is 0.383 e. The van der Waals surface area contributed by atoms with Crippen LogP contribution in [0.25, 0.3) is 22.4 Å². The molecule has 1 aromatic carbocycles. The average Bonchev–Trinajstić information content (AvgIpc) is 2.66. The van der Waals surface area contributed by atoms with E-state index < -0.39 is 0 Å². The number of allylic oxidation sites excluding steroid dienone is 4. The first-order chi connectivity index (χ1) is 13.0. The van der Waals surface area contributed by atoms with Crippen molar-refractivity contribution >= 4 is 17.4 Å². The van der Waals surface area contributed by atoms with Gasteiger partial charge in [-0.15, -0.1) is 0 Å². The van der Waals surface area contributed by atoms with Gasteiger partial charge >= 0.3 is 0 Å². The molecule has 0 aliphatic carbocycles. The van der Waals surface area contributed by atoms with Crippen molar-refractivity contribution < 1.29 is 0 Å². The second kappa shape index (κ2) is 9.67. The molecule has 0 spiro atoms. The van der Waals surface area contributed by atoms with Crippen molar-refractivity contribution in [2.45, 2.75) is 20.3 Å². The molecule has 0 aliphatic heterocycles. The van der Waals surface area contributed by atoms with E-state index in [1.165, 1.54) is 0 Å². The molecule has 0 fully saturated rings. The molecule has 0 atom stereocenters. The maximum absolute atomic E-state index is 4.86. The fourth-order valence-corrected chi connectivity index (χ4v) is 3.00. The van der Waals surface area contributed by atoms with Crippen LogP contribution in [0.4, 0.5) is 0 Å². The lowest BCUT2D eigenvalue weighted by Gasteiger charge is -2.12. The van der Waals surface area contributed by atoms with Crippen LogP contribution in [0, 0.1) is 6.92 Å². The third-order valence-electron chi connectivity index (χ3n) is 4.20. The van der Waals surface area contributed by atoms with Gasteiger partial charge in [0, 0.05) is 50.4 Å². The lowest BCUT2D eigenvalue weighted by atomic mass is 9.99. The molecule has 0 radical (unpaired) electrons. The normalized spacial score (nSPS) is 12.5. The van der Waals surface area contributed by atoms with Gasteiger partial charge in [-0.1, -0.05) is 49.9 Å². The van der Waals surface area contributed by atoms with Gasteiger partial charge in [-0.05, 0) is 42.2 Å². The third kappa shape index (κ3) is 5.27. The van der Waals surface area contributed by atoms with Gasteiger partial charge in [0.1, 0.15) is 0 Å². The summed E-state index contributed by atoms with van der Waals surface area (Å²) in [4.78, 5) is 11.1. The van der Waals surface area contributed by atoms with Crippen molar-refractivity contribution in [1.29, 1.82) is 0 Å². The van der Waals surface area contributed by atoms with E-state index in [1.54, 1.807) is 7.05 Å². The molecule has 2 aromatic rings. The van der Waals surface area contributed by atoms with E-state index in [0.29, 0.717) is 0 Å². The summed E-state index contributed by atoms with van der Waals surface area (Å²) in [6.07, 6.45) is 9.00. The summed E-state index contributed by atoms with van der Waals surface area (Å²) in [5, 5.41) is 0. The molecular weight excluding hydrogens is 330 g/mol. The van der Waals surface area contributed by atoms with Crippen LogP contribution in [-0.4, -0.2) is 37.2 Å². The highest BCUT2D eigenvalue weighted by Crippen LogP contribution is 2.26. The van der Waals surface area contributed by atoms with Crippen molar-refractivity contribution in [2.24, 2.45) is 4.99 Å². The van der Waals surface area contributed by atoms with Crippen LogP contribution >= 0.6 is 0 Å². The lowest BCUT2D eigenvalue weighted by molar-refractivity contribution is 0.566. The Morgan fingerprint density at radius 2 is 1.96 bits per heavy atom.